The van der Waals surface area contributed by atoms with Crippen molar-refractivity contribution >= 4 is 5.91 Å². The van der Waals surface area contributed by atoms with Gasteiger partial charge in [0.15, 0.2) is 0 Å². The number of carbonyl (C=O) groups is 1. The van der Waals surface area contributed by atoms with E-state index in [2.05, 4.69) is 5.32 Å². The maximum Gasteiger partial charge on any atom is 0.237 e. The topological polar surface area (TPSA) is 55.1 Å². The number of nitrogens with two attached hydrogens (primary N) is 1. The van der Waals surface area contributed by atoms with E-state index in [1.54, 1.807) is 12.1 Å². The summed E-state index contributed by atoms with van der Waals surface area (Å²) < 4.78 is 12.6. The van der Waals surface area contributed by atoms with Crippen LogP contribution in [0.5, 0.6) is 0 Å². The second kappa shape index (κ2) is 5.61. The standard InChI is InChI=1S/C12H17FN2O/c1-8(2)15-12(16)11(14)7-9-3-5-10(13)6-4-9/h3-6,8,11H,7,14H2,1-2H3,(H,15,16). The number of nitrogens with one attached hydrogen (secondary N) is 1. The Kier molecular flexibility index (Phi) is 4.43. The van der Waals surface area contributed by atoms with Crippen LogP contribution in [0, 0.1) is 5.82 Å². The van der Waals surface area contributed by atoms with E-state index in [4.69, 9.17) is 5.73 Å². The van der Waals surface area contributed by atoms with Gasteiger partial charge in [0.05, 0.1) is 6.04 Å². The maximum absolute atomic E-state index is 12.6. The number of rotatable bonds is 4. The van der Waals surface area contributed by atoms with E-state index in [0.717, 1.165) is 5.56 Å². The summed E-state index contributed by atoms with van der Waals surface area (Å²) >= 11 is 0. The van der Waals surface area contributed by atoms with E-state index < -0.39 is 6.04 Å². The molecule has 3 N–H and O–H groups in total. The van der Waals surface area contributed by atoms with Crippen molar-refractivity contribution in [2.24, 2.45) is 5.73 Å². The first-order valence-electron chi connectivity index (χ1n) is 5.29. The Morgan fingerprint density at radius 2 is 1.94 bits per heavy atom. The summed E-state index contributed by atoms with van der Waals surface area (Å²) in [7, 11) is 0. The largest absolute Gasteiger partial charge is 0.353 e. The SMILES string of the molecule is CC(C)NC(=O)C(N)Cc1ccc(F)cc1. The minimum absolute atomic E-state index is 0.0757. The first-order chi connectivity index (χ1) is 7.49. The van der Waals surface area contributed by atoms with Gasteiger partial charge in [0.1, 0.15) is 5.82 Å². The fraction of sp³-hybridized carbons (Fsp3) is 0.417. The predicted octanol–water partition coefficient (Wildman–Crippen LogP) is 1.22. The van der Waals surface area contributed by atoms with Crippen molar-refractivity contribution in [3.05, 3.63) is 35.6 Å². The molecule has 0 spiro atoms. The van der Waals surface area contributed by atoms with E-state index in [0.29, 0.717) is 6.42 Å². The summed E-state index contributed by atoms with van der Waals surface area (Å²) in [6.07, 6.45) is 0.416. The first-order valence-corrected chi connectivity index (χ1v) is 5.29. The molecule has 0 aliphatic carbocycles. The first kappa shape index (κ1) is 12.6. The molecule has 1 atom stereocenters. The van der Waals surface area contributed by atoms with Crippen molar-refractivity contribution in [1.29, 1.82) is 0 Å². The van der Waals surface area contributed by atoms with Crippen LogP contribution in [0.1, 0.15) is 19.4 Å². The van der Waals surface area contributed by atoms with E-state index in [9.17, 15) is 9.18 Å². The zero-order chi connectivity index (χ0) is 12.1. The van der Waals surface area contributed by atoms with E-state index in [1.807, 2.05) is 13.8 Å². The van der Waals surface area contributed by atoms with E-state index in [1.165, 1.54) is 12.1 Å². The van der Waals surface area contributed by atoms with Gasteiger partial charge < -0.3 is 11.1 Å². The highest BCUT2D eigenvalue weighted by molar-refractivity contribution is 5.82. The lowest BCUT2D eigenvalue weighted by Crippen LogP contribution is -2.44. The van der Waals surface area contributed by atoms with Gasteiger partial charge in [-0.05, 0) is 38.0 Å². The molecule has 88 valence electrons. The number of hydrogen-bond donors (Lipinski definition) is 2. The maximum atomic E-state index is 12.6. The molecule has 16 heavy (non-hydrogen) atoms. The highest BCUT2D eigenvalue weighted by Gasteiger charge is 2.14. The summed E-state index contributed by atoms with van der Waals surface area (Å²) in [5, 5.41) is 2.74. The third-order valence-corrected chi connectivity index (χ3v) is 2.14. The van der Waals surface area contributed by atoms with Crippen LogP contribution in [0.4, 0.5) is 4.39 Å². The molecule has 1 amide bonds. The molecule has 0 saturated heterocycles. The molecule has 1 aromatic rings. The number of benzene rings is 1. The van der Waals surface area contributed by atoms with Gasteiger partial charge in [0, 0.05) is 6.04 Å². The molecular formula is C12H17FN2O. The second-order valence-corrected chi connectivity index (χ2v) is 4.10. The van der Waals surface area contributed by atoms with Crippen LogP contribution in [-0.2, 0) is 11.2 Å². The monoisotopic (exact) mass is 224 g/mol. The van der Waals surface area contributed by atoms with Crippen LogP contribution < -0.4 is 11.1 Å². The highest BCUT2D eigenvalue weighted by Crippen LogP contribution is 2.05. The van der Waals surface area contributed by atoms with Crippen LogP contribution in [0.3, 0.4) is 0 Å². The van der Waals surface area contributed by atoms with Crippen LogP contribution >= 0.6 is 0 Å². The molecule has 0 bridgehead atoms. The Morgan fingerprint density at radius 1 is 1.38 bits per heavy atom. The molecule has 0 aliphatic rings. The van der Waals surface area contributed by atoms with E-state index in [-0.39, 0.29) is 17.8 Å². The Bertz CT molecular complexity index is 349. The van der Waals surface area contributed by atoms with Gasteiger partial charge in [0.2, 0.25) is 5.91 Å². The van der Waals surface area contributed by atoms with Gasteiger partial charge >= 0.3 is 0 Å². The summed E-state index contributed by atoms with van der Waals surface area (Å²) in [6, 6.07) is 5.49. The number of hydrogen-bond acceptors (Lipinski definition) is 2. The second-order valence-electron chi connectivity index (χ2n) is 4.10. The normalized spacial score (nSPS) is 12.6. The molecule has 3 nitrogen and oxygen atoms in total. The summed E-state index contributed by atoms with van der Waals surface area (Å²) in [4.78, 5) is 11.5. The molecule has 1 unspecified atom stereocenters. The summed E-state index contributed by atoms with van der Waals surface area (Å²) in [6.45, 7) is 3.75. The van der Waals surface area contributed by atoms with Crippen molar-refractivity contribution in [3.63, 3.8) is 0 Å². The smallest absolute Gasteiger partial charge is 0.237 e. The minimum atomic E-state index is -0.590. The zero-order valence-electron chi connectivity index (χ0n) is 9.53. The lowest BCUT2D eigenvalue weighted by atomic mass is 10.1. The van der Waals surface area contributed by atoms with Gasteiger partial charge in [-0.3, -0.25) is 4.79 Å². The van der Waals surface area contributed by atoms with Crippen molar-refractivity contribution in [3.8, 4) is 0 Å². The Balaban J connectivity index is 2.53. The van der Waals surface area contributed by atoms with Crippen molar-refractivity contribution < 1.29 is 9.18 Å². The van der Waals surface area contributed by atoms with Crippen LogP contribution in [0.2, 0.25) is 0 Å². The molecule has 0 aliphatic heterocycles. The summed E-state index contributed by atoms with van der Waals surface area (Å²) in [5.74, 6) is -0.469. The minimum Gasteiger partial charge on any atom is -0.353 e. The number of halogens is 1. The van der Waals surface area contributed by atoms with Gasteiger partial charge in [0.25, 0.3) is 0 Å². The fourth-order valence-electron chi connectivity index (χ4n) is 1.36. The molecule has 1 rings (SSSR count). The Hall–Kier alpha value is -1.42. The van der Waals surface area contributed by atoms with E-state index >= 15 is 0 Å². The van der Waals surface area contributed by atoms with Gasteiger partial charge in [-0.25, -0.2) is 4.39 Å². The molecule has 0 saturated carbocycles. The molecule has 0 aromatic heterocycles. The number of amides is 1. The third-order valence-electron chi connectivity index (χ3n) is 2.14. The van der Waals surface area contributed by atoms with Crippen molar-refractivity contribution in [1.82, 2.24) is 5.32 Å². The van der Waals surface area contributed by atoms with Crippen molar-refractivity contribution in [2.75, 3.05) is 0 Å². The van der Waals surface area contributed by atoms with Gasteiger partial charge in [-0.15, -0.1) is 0 Å². The lowest BCUT2D eigenvalue weighted by molar-refractivity contribution is -0.122. The molecule has 4 heteroatoms. The summed E-state index contributed by atoms with van der Waals surface area (Å²) in [5.41, 5.74) is 6.58. The van der Waals surface area contributed by atoms with Crippen LogP contribution in [-0.4, -0.2) is 18.0 Å². The zero-order valence-corrected chi connectivity index (χ0v) is 9.53. The molecule has 0 radical (unpaired) electrons. The number of carbonyl (C=O) groups excluding carboxylic acids is 1. The Morgan fingerprint density at radius 3 is 2.44 bits per heavy atom. The van der Waals surface area contributed by atoms with Crippen molar-refractivity contribution in [2.45, 2.75) is 32.4 Å². The average molecular weight is 224 g/mol. The average Bonchev–Trinajstić information content (AvgIpc) is 2.20. The fourth-order valence-corrected chi connectivity index (χ4v) is 1.36. The Labute approximate surface area is 94.8 Å². The molecule has 0 heterocycles. The molecule has 0 fully saturated rings. The third kappa shape index (κ3) is 3.98. The van der Waals surface area contributed by atoms with Crippen LogP contribution in [0.15, 0.2) is 24.3 Å². The quantitative estimate of drug-likeness (QED) is 0.808. The predicted molar refractivity (Wildman–Crippen MR) is 61.4 cm³/mol. The van der Waals surface area contributed by atoms with Gasteiger partial charge in [-0.2, -0.15) is 0 Å². The molecular weight excluding hydrogens is 207 g/mol. The van der Waals surface area contributed by atoms with Gasteiger partial charge in [-0.1, -0.05) is 12.1 Å². The van der Waals surface area contributed by atoms with Crippen LogP contribution in [0.25, 0.3) is 0 Å². The molecule has 1 aromatic carbocycles. The lowest BCUT2D eigenvalue weighted by Gasteiger charge is -2.14. The highest BCUT2D eigenvalue weighted by atomic mass is 19.1.